The molecule has 0 spiro atoms. The number of allylic oxidation sites excluding steroid dienone is 6. The average Bonchev–Trinajstić information content (AvgIpc) is 3.28. The Labute approximate surface area is 267 Å². The van der Waals surface area contributed by atoms with E-state index in [9.17, 15) is 44.5 Å². The monoisotopic (exact) mass is 642 g/mol. The fourth-order valence-electron chi connectivity index (χ4n) is 7.47. The van der Waals surface area contributed by atoms with Crippen LogP contribution in [-0.4, -0.2) is 59.0 Å². The zero-order valence-corrected chi connectivity index (χ0v) is 25.9. The van der Waals surface area contributed by atoms with Crippen molar-refractivity contribution in [2.24, 2.45) is 17.8 Å². The number of phenols is 1. The second-order valence-electron chi connectivity index (χ2n) is 12.1. The van der Waals surface area contributed by atoms with Crippen LogP contribution in [0.5, 0.6) is 11.5 Å². The summed E-state index contributed by atoms with van der Waals surface area (Å²) in [6, 6.07) is 6.78. The van der Waals surface area contributed by atoms with E-state index in [2.05, 4.69) is 0 Å². The van der Waals surface area contributed by atoms with E-state index in [1.165, 1.54) is 32.0 Å². The van der Waals surface area contributed by atoms with Crippen molar-refractivity contribution < 1.29 is 38.9 Å². The van der Waals surface area contributed by atoms with Gasteiger partial charge < -0.3 is 14.7 Å². The summed E-state index contributed by atoms with van der Waals surface area (Å²) in [4.78, 5) is 79.6. The predicted molar refractivity (Wildman–Crippen MR) is 167 cm³/mol. The van der Waals surface area contributed by atoms with Crippen LogP contribution in [0.25, 0.3) is 0 Å². The van der Waals surface area contributed by atoms with Gasteiger partial charge in [0.05, 0.1) is 34.0 Å². The first-order valence-corrected chi connectivity index (χ1v) is 14.9. The summed E-state index contributed by atoms with van der Waals surface area (Å²) in [5.41, 5.74) is -0.434. The van der Waals surface area contributed by atoms with E-state index in [0.29, 0.717) is 11.1 Å². The van der Waals surface area contributed by atoms with Crippen molar-refractivity contribution in [3.05, 3.63) is 90.6 Å². The van der Waals surface area contributed by atoms with Crippen molar-refractivity contribution in [1.82, 2.24) is 0 Å². The quantitative estimate of drug-likeness (QED) is 0.149. The molecule has 0 saturated carbocycles. The third kappa shape index (κ3) is 4.70. The van der Waals surface area contributed by atoms with E-state index >= 15 is 0 Å². The number of rotatable bonds is 7. The number of aromatic hydroxyl groups is 1. The number of nitro benzene ring substituents is 2. The molecular weight excluding hydrogens is 612 g/mol. The van der Waals surface area contributed by atoms with Gasteiger partial charge in [-0.25, -0.2) is 4.90 Å². The van der Waals surface area contributed by atoms with E-state index in [4.69, 9.17) is 4.74 Å². The molecule has 3 aliphatic carbocycles. The average molecular weight is 643 g/mol. The maximum Gasteiger partial charge on any atom is 0.301 e. The number of benzene rings is 2. The van der Waals surface area contributed by atoms with Gasteiger partial charge in [-0.15, -0.1) is 0 Å². The van der Waals surface area contributed by atoms with E-state index < -0.39 is 62.5 Å². The summed E-state index contributed by atoms with van der Waals surface area (Å²) in [5, 5.41) is 35.3. The normalized spacial score (nSPS) is 23.5. The minimum absolute atomic E-state index is 0.0359. The third-order valence-corrected chi connectivity index (χ3v) is 9.36. The van der Waals surface area contributed by atoms with Gasteiger partial charge in [-0.2, -0.15) is 0 Å². The van der Waals surface area contributed by atoms with Crippen LogP contribution in [0, 0.1) is 38.0 Å². The van der Waals surface area contributed by atoms with Crippen LogP contribution < -0.4 is 14.5 Å². The smallest absolute Gasteiger partial charge is 0.301 e. The van der Waals surface area contributed by atoms with Crippen LogP contribution in [0.2, 0.25) is 0 Å². The molecule has 4 aliphatic rings. The highest BCUT2D eigenvalue weighted by Gasteiger charge is 2.57. The third-order valence-electron chi connectivity index (χ3n) is 9.36. The van der Waals surface area contributed by atoms with Crippen molar-refractivity contribution in [3.63, 3.8) is 0 Å². The molecule has 242 valence electrons. The molecule has 14 nitrogen and oxygen atoms in total. The number of phenolic OH excluding ortho intramolecular Hbond substituents is 1. The first-order chi connectivity index (χ1) is 22.3. The molecule has 1 saturated heterocycles. The number of anilines is 2. The van der Waals surface area contributed by atoms with Gasteiger partial charge in [-0.3, -0.25) is 39.4 Å². The lowest BCUT2D eigenvalue weighted by atomic mass is 9.59. The Hall–Kier alpha value is -5.66. The summed E-state index contributed by atoms with van der Waals surface area (Å²) < 4.78 is 5.60. The van der Waals surface area contributed by atoms with Gasteiger partial charge in [0.25, 0.3) is 0 Å². The lowest BCUT2D eigenvalue weighted by molar-refractivity contribution is -0.392. The number of Topliss-reactive ketones (excluding diaryl/α,β-unsaturated/α-hetero) is 1. The molecule has 6 rings (SSSR count). The van der Waals surface area contributed by atoms with Crippen molar-refractivity contribution >= 4 is 46.1 Å². The molecule has 2 aromatic rings. The first kappa shape index (κ1) is 31.3. The molecule has 14 heteroatoms. The fraction of sp³-hybridized carbons (Fsp3) is 0.333. The second kappa shape index (κ2) is 11.3. The Morgan fingerprint density at radius 3 is 2.28 bits per heavy atom. The van der Waals surface area contributed by atoms with Crippen molar-refractivity contribution in [3.8, 4) is 11.5 Å². The number of nitro groups is 2. The molecule has 1 N–H and O–H groups in total. The van der Waals surface area contributed by atoms with Gasteiger partial charge in [-0.1, -0.05) is 23.8 Å². The van der Waals surface area contributed by atoms with Crippen LogP contribution >= 0.6 is 0 Å². The van der Waals surface area contributed by atoms with Crippen LogP contribution in [0.4, 0.5) is 22.7 Å². The van der Waals surface area contributed by atoms with E-state index in [1.54, 1.807) is 31.2 Å². The summed E-state index contributed by atoms with van der Waals surface area (Å²) in [5.74, 6) is -5.91. The predicted octanol–water partition coefficient (Wildman–Crippen LogP) is 4.31. The van der Waals surface area contributed by atoms with Gasteiger partial charge in [0.15, 0.2) is 28.8 Å². The summed E-state index contributed by atoms with van der Waals surface area (Å²) in [6.45, 7) is 3.53. The molecule has 0 unspecified atom stereocenters. The molecule has 0 aromatic heterocycles. The second-order valence-corrected chi connectivity index (χ2v) is 12.1. The number of ketones is 2. The number of ether oxygens (including phenoxy) is 1. The standard InChI is InChI=1S/C33H30N4O10/c1-5-47-25-8-6-7-18(31(25)40)26-17-9-10-19-27(20(17)14-21-24(38)11-15(2)30(39)28(21)26)33(42)35(32(19)41)16-12-22(36(43)44)29(34(3)4)23(13-16)37(45)46/h6-9,11-13,19-20,26-27,40H,5,10,14H2,1-4H3/t19-,20+,26+,27-/m0/s1. The van der Waals surface area contributed by atoms with E-state index in [0.717, 1.165) is 17.0 Å². The molecule has 1 heterocycles. The minimum atomic E-state index is -1.04. The van der Waals surface area contributed by atoms with Gasteiger partial charge in [0.2, 0.25) is 11.8 Å². The van der Waals surface area contributed by atoms with Crippen LogP contribution in [0.3, 0.4) is 0 Å². The maximum atomic E-state index is 14.3. The van der Waals surface area contributed by atoms with Crippen molar-refractivity contribution in [2.45, 2.75) is 32.6 Å². The lowest BCUT2D eigenvalue weighted by Crippen LogP contribution is -2.39. The Morgan fingerprint density at radius 1 is 1.02 bits per heavy atom. The number of hydrogen-bond donors (Lipinski definition) is 1. The molecule has 2 aromatic carbocycles. The number of hydrogen-bond acceptors (Lipinski definition) is 11. The number of amides is 2. The van der Waals surface area contributed by atoms with Gasteiger partial charge in [-0.05, 0) is 44.7 Å². The zero-order chi connectivity index (χ0) is 34.1. The number of nitrogens with zero attached hydrogens (tertiary/aromatic N) is 4. The molecule has 0 bridgehead atoms. The maximum absolute atomic E-state index is 14.3. The highest BCUT2D eigenvalue weighted by Crippen LogP contribution is 2.57. The number of para-hydroxylation sites is 1. The molecule has 47 heavy (non-hydrogen) atoms. The largest absolute Gasteiger partial charge is 0.504 e. The lowest BCUT2D eigenvalue weighted by Gasteiger charge is -2.42. The first-order valence-electron chi connectivity index (χ1n) is 14.9. The molecular formula is C33H30N4O10. The highest BCUT2D eigenvalue weighted by atomic mass is 16.6. The van der Waals surface area contributed by atoms with Gasteiger partial charge >= 0.3 is 11.4 Å². The van der Waals surface area contributed by atoms with E-state index in [1.807, 2.05) is 0 Å². The van der Waals surface area contributed by atoms with Crippen molar-refractivity contribution in [2.75, 3.05) is 30.5 Å². The minimum Gasteiger partial charge on any atom is -0.504 e. The fourth-order valence-corrected chi connectivity index (χ4v) is 7.47. The zero-order valence-electron chi connectivity index (χ0n) is 25.9. The van der Waals surface area contributed by atoms with Gasteiger partial charge in [0.1, 0.15) is 0 Å². The molecule has 1 aliphatic heterocycles. The Morgan fingerprint density at radius 2 is 1.68 bits per heavy atom. The number of carbonyl (C=O) groups excluding carboxylic acids is 4. The van der Waals surface area contributed by atoms with Crippen LogP contribution in [-0.2, 0) is 19.2 Å². The molecule has 2 amide bonds. The summed E-state index contributed by atoms with van der Waals surface area (Å²) >= 11 is 0. The Kier molecular flexibility index (Phi) is 7.53. The molecule has 1 fully saturated rings. The summed E-state index contributed by atoms with van der Waals surface area (Å²) in [7, 11) is 2.81. The molecule has 0 radical (unpaired) electrons. The Balaban J connectivity index is 1.50. The van der Waals surface area contributed by atoms with Crippen LogP contribution in [0.15, 0.2) is 64.8 Å². The number of fused-ring (bicyclic) bond motifs is 3. The highest BCUT2D eigenvalue weighted by molar-refractivity contribution is 6.25. The van der Waals surface area contributed by atoms with Crippen LogP contribution in [0.1, 0.15) is 38.2 Å². The van der Waals surface area contributed by atoms with E-state index in [-0.39, 0.29) is 64.8 Å². The topological polar surface area (TPSA) is 190 Å². The number of imide groups is 1. The number of carbonyl (C=O) groups is 4. The van der Waals surface area contributed by atoms with Gasteiger partial charge in [0, 0.05) is 54.4 Å². The SMILES string of the molecule is CCOc1cccc([C@H]2C3=CC[C@@H]4C(=O)N(c5cc([N+](=O)[O-])c(N(C)C)c([N+](=O)[O-])c5)C(=O)[C@@H]4[C@@H]3CC3=C2C(=O)C(C)=CC3=O)c1O. The Bertz CT molecular complexity index is 1890. The molecule has 4 atom stereocenters. The summed E-state index contributed by atoms with van der Waals surface area (Å²) in [6.07, 6.45) is 3.01. The van der Waals surface area contributed by atoms with Crippen molar-refractivity contribution in [1.29, 1.82) is 0 Å².